The van der Waals surface area contributed by atoms with Crippen LogP contribution in [-0.2, 0) is 16.4 Å². The largest absolute Gasteiger partial charge is 0.455 e. The third-order valence-electron chi connectivity index (χ3n) is 4.63. The minimum Gasteiger partial charge on any atom is -0.455 e. The maximum atomic E-state index is 14.8. The van der Waals surface area contributed by atoms with Gasteiger partial charge in [-0.05, 0) is 48.7 Å². The summed E-state index contributed by atoms with van der Waals surface area (Å²) < 4.78 is 48.0. The van der Waals surface area contributed by atoms with E-state index in [1.54, 1.807) is 24.4 Å². The number of anilines is 2. The monoisotopic (exact) mass is 541 g/mol. The zero-order valence-corrected chi connectivity index (χ0v) is 20.5. The number of H-pyrrole nitrogens is 1. The minimum absolute atomic E-state index is 0.0223. The second-order valence-electron chi connectivity index (χ2n) is 7.05. The molecule has 4 rings (SSSR count). The molecule has 0 saturated heterocycles. The van der Waals surface area contributed by atoms with E-state index in [9.17, 15) is 12.8 Å². The lowest BCUT2D eigenvalue weighted by Gasteiger charge is -2.14. The summed E-state index contributed by atoms with van der Waals surface area (Å²) in [4.78, 5) is 3.23. The van der Waals surface area contributed by atoms with E-state index in [0.717, 1.165) is 29.9 Å². The van der Waals surface area contributed by atoms with Crippen LogP contribution in [0, 0.1) is 5.82 Å². The Morgan fingerprint density at radius 2 is 2.00 bits per heavy atom. The van der Waals surface area contributed by atoms with Gasteiger partial charge in [-0.15, -0.1) is 11.3 Å². The Morgan fingerprint density at radius 3 is 2.74 bits per heavy atom. The van der Waals surface area contributed by atoms with Crippen molar-refractivity contribution in [3.63, 3.8) is 0 Å². The fourth-order valence-corrected chi connectivity index (χ4v) is 5.17. The van der Waals surface area contributed by atoms with Gasteiger partial charge >= 0.3 is 0 Å². The summed E-state index contributed by atoms with van der Waals surface area (Å²) in [5.41, 5.74) is 2.24. The van der Waals surface area contributed by atoms with Gasteiger partial charge in [0.1, 0.15) is 28.0 Å². The Labute approximate surface area is 209 Å². The fourth-order valence-electron chi connectivity index (χ4n) is 3.07. The molecule has 0 amide bonds. The number of aromatic nitrogens is 3. The van der Waals surface area contributed by atoms with Crippen LogP contribution in [-0.4, -0.2) is 30.1 Å². The highest BCUT2D eigenvalue weighted by molar-refractivity contribution is 7.92. The molecule has 0 fully saturated rings. The first kappa shape index (κ1) is 24.3. The summed E-state index contributed by atoms with van der Waals surface area (Å²) in [5, 5.41) is 11.8. The first-order chi connectivity index (χ1) is 16.3. The fraction of sp³-hybridized carbons (Fsp3) is 0.143. The van der Waals surface area contributed by atoms with Crippen LogP contribution in [0.15, 0.2) is 58.4 Å². The number of hydrogen-bond acceptors (Lipinski definition) is 7. The van der Waals surface area contributed by atoms with Crippen molar-refractivity contribution < 1.29 is 17.5 Å². The number of thiazole rings is 1. The molecule has 2 aromatic heterocycles. The van der Waals surface area contributed by atoms with Crippen molar-refractivity contribution in [3.05, 3.63) is 74.9 Å². The molecule has 4 aromatic rings. The van der Waals surface area contributed by atoms with Crippen LogP contribution in [0.25, 0.3) is 0 Å². The third-order valence-corrected chi connectivity index (χ3v) is 7.12. The van der Waals surface area contributed by atoms with Gasteiger partial charge in [-0.2, -0.15) is 5.10 Å². The van der Waals surface area contributed by atoms with Gasteiger partial charge in [-0.25, -0.2) is 17.8 Å². The number of sulfonamides is 1. The van der Waals surface area contributed by atoms with Crippen molar-refractivity contribution in [2.75, 3.05) is 16.6 Å². The molecule has 0 bridgehead atoms. The zero-order valence-electron chi connectivity index (χ0n) is 17.4. The van der Waals surface area contributed by atoms with Gasteiger partial charge in [0.2, 0.25) is 0 Å². The normalized spacial score (nSPS) is 11.4. The lowest BCUT2D eigenvalue weighted by atomic mass is 10.1. The van der Waals surface area contributed by atoms with Gasteiger partial charge in [0.05, 0.1) is 16.7 Å². The summed E-state index contributed by atoms with van der Waals surface area (Å²) in [7, 11) is -4.23. The molecule has 0 spiro atoms. The summed E-state index contributed by atoms with van der Waals surface area (Å²) in [5.74, 6) is 0.300. The van der Waals surface area contributed by atoms with Crippen LogP contribution in [0.4, 0.5) is 16.0 Å². The van der Waals surface area contributed by atoms with Crippen molar-refractivity contribution in [1.29, 1.82) is 0 Å². The van der Waals surface area contributed by atoms with E-state index in [-0.39, 0.29) is 16.6 Å². The number of benzene rings is 2. The molecule has 2 aromatic carbocycles. The molecule has 0 aliphatic heterocycles. The summed E-state index contributed by atoms with van der Waals surface area (Å²) in [6.07, 6.45) is 3.01. The standard InChI is InChI=1S/C21H18Cl2FN5O3S2/c22-14-3-4-17(13(8-14)2-1-6-25-20-5-7-27-28-20)32-18-10-16(24)19(9-15(18)23)34(30,31)29-21-11-33-12-26-21/h3-5,7-12,29H,1-2,6H2,(H2,25,27,28). The van der Waals surface area contributed by atoms with Crippen molar-refractivity contribution in [1.82, 2.24) is 15.2 Å². The lowest BCUT2D eigenvalue weighted by Crippen LogP contribution is -2.15. The number of aryl methyl sites for hydroxylation is 1. The Bertz CT molecular complexity index is 1370. The van der Waals surface area contributed by atoms with Crippen LogP contribution in [0.2, 0.25) is 10.0 Å². The van der Waals surface area contributed by atoms with Crippen LogP contribution in [0.5, 0.6) is 11.5 Å². The van der Waals surface area contributed by atoms with Gasteiger partial charge in [-0.1, -0.05) is 23.2 Å². The second kappa shape index (κ2) is 10.6. The predicted octanol–water partition coefficient (Wildman–Crippen LogP) is 5.95. The van der Waals surface area contributed by atoms with Gasteiger partial charge in [0, 0.05) is 23.0 Å². The number of nitrogens with one attached hydrogen (secondary N) is 3. The maximum Gasteiger partial charge on any atom is 0.266 e. The SMILES string of the molecule is O=S(=O)(Nc1cscn1)c1cc(Cl)c(Oc2ccc(Cl)cc2CCCNc2ccn[nH]2)cc1F. The van der Waals surface area contributed by atoms with E-state index in [0.29, 0.717) is 23.7 Å². The van der Waals surface area contributed by atoms with Gasteiger partial charge in [0.25, 0.3) is 10.0 Å². The molecule has 8 nitrogen and oxygen atoms in total. The molecule has 0 saturated carbocycles. The average molecular weight is 542 g/mol. The molecule has 0 aliphatic rings. The minimum atomic E-state index is -4.23. The van der Waals surface area contributed by atoms with E-state index < -0.39 is 20.7 Å². The molecule has 0 unspecified atom stereocenters. The van der Waals surface area contributed by atoms with E-state index >= 15 is 0 Å². The van der Waals surface area contributed by atoms with E-state index in [4.69, 9.17) is 27.9 Å². The van der Waals surface area contributed by atoms with E-state index in [1.807, 2.05) is 6.07 Å². The maximum absolute atomic E-state index is 14.8. The van der Waals surface area contributed by atoms with Crippen LogP contribution < -0.4 is 14.8 Å². The van der Waals surface area contributed by atoms with Crippen LogP contribution >= 0.6 is 34.5 Å². The number of aromatic amines is 1. The smallest absolute Gasteiger partial charge is 0.266 e. The number of hydrogen-bond donors (Lipinski definition) is 3. The Kier molecular flexibility index (Phi) is 7.57. The second-order valence-corrected chi connectivity index (χ2v) is 10.3. The molecule has 0 aliphatic carbocycles. The van der Waals surface area contributed by atoms with E-state index in [1.165, 1.54) is 22.2 Å². The number of halogens is 3. The number of nitrogens with zero attached hydrogens (tertiary/aromatic N) is 2. The topological polar surface area (TPSA) is 109 Å². The van der Waals surface area contributed by atoms with Gasteiger partial charge in [0.15, 0.2) is 5.82 Å². The lowest BCUT2D eigenvalue weighted by molar-refractivity contribution is 0.467. The van der Waals surface area contributed by atoms with Crippen molar-refractivity contribution in [2.45, 2.75) is 17.7 Å². The molecule has 0 atom stereocenters. The van der Waals surface area contributed by atoms with Crippen LogP contribution in [0.1, 0.15) is 12.0 Å². The quantitative estimate of drug-likeness (QED) is 0.214. The molecule has 2 heterocycles. The van der Waals surface area contributed by atoms with Crippen LogP contribution in [0.3, 0.4) is 0 Å². The average Bonchev–Trinajstić information content (AvgIpc) is 3.49. The van der Waals surface area contributed by atoms with Crippen molar-refractivity contribution >= 4 is 56.2 Å². The summed E-state index contributed by atoms with van der Waals surface area (Å²) in [6.45, 7) is 0.669. The first-order valence-corrected chi connectivity index (χ1v) is 13.1. The third kappa shape index (κ3) is 5.98. The molecule has 3 N–H and O–H groups in total. The molecule has 0 radical (unpaired) electrons. The molecule has 178 valence electrons. The highest BCUT2D eigenvalue weighted by Crippen LogP contribution is 2.36. The molecule has 13 heteroatoms. The Morgan fingerprint density at radius 1 is 1.15 bits per heavy atom. The Balaban J connectivity index is 1.50. The molecular weight excluding hydrogens is 524 g/mol. The Hall–Kier alpha value is -2.86. The predicted molar refractivity (Wildman–Crippen MR) is 131 cm³/mol. The van der Waals surface area contributed by atoms with Crippen molar-refractivity contribution in [3.8, 4) is 11.5 Å². The van der Waals surface area contributed by atoms with Crippen molar-refractivity contribution in [2.24, 2.45) is 0 Å². The molecule has 34 heavy (non-hydrogen) atoms. The zero-order chi connectivity index (χ0) is 24.1. The van der Waals surface area contributed by atoms with Gasteiger partial charge < -0.3 is 10.1 Å². The number of ether oxygens (including phenoxy) is 1. The summed E-state index contributed by atoms with van der Waals surface area (Å²) >= 11 is 13.6. The first-order valence-electron chi connectivity index (χ1n) is 9.91. The molecular formula is C21H18Cl2FN5O3S2. The van der Waals surface area contributed by atoms with Gasteiger partial charge in [-0.3, -0.25) is 9.82 Å². The summed E-state index contributed by atoms with van der Waals surface area (Å²) in [6, 6.07) is 8.82. The highest BCUT2D eigenvalue weighted by atomic mass is 35.5. The number of rotatable bonds is 10. The van der Waals surface area contributed by atoms with E-state index in [2.05, 4.69) is 25.2 Å². The highest BCUT2D eigenvalue weighted by Gasteiger charge is 2.23.